The molecule has 1 aromatic heterocycles. The van der Waals surface area contributed by atoms with Crippen LogP contribution in [0.1, 0.15) is 32.8 Å². The number of ether oxygens (including phenoxy) is 2. The lowest BCUT2D eigenvalue weighted by atomic mass is 9.83. The van der Waals surface area contributed by atoms with Crippen molar-refractivity contribution in [2.45, 2.75) is 42.5 Å². The first kappa shape index (κ1) is 22.3. The van der Waals surface area contributed by atoms with Crippen LogP contribution >= 0.6 is 23.4 Å². The summed E-state index contributed by atoms with van der Waals surface area (Å²) in [7, 11) is 3.03. The second kappa shape index (κ2) is 9.01. The number of carboxylic acid groups (broad SMARTS) is 1. The summed E-state index contributed by atoms with van der Waals surface area (Å²) in [6, 6.07) is 10.4. The summed E-state index contributed by atoms with van der Waals surface area (Å²) in [5.74, 6) is -0.333. The quantitative estimate of drug-likeness (QED) is 0.376. The standard InChI is InChI=1S/C20H25ClN2O4S/c1-19(2,3)14(28-18-22-15(26-4)11-16(23-18)27-5)12-20(21,17(24)25)13-9-7-6-8-10-13/h6-11,14H,12H2,1-5H3,(H,24,25). The summed E-state index contributed by atoms with van der Waals surface area (Å²) in [6.45, 7) is 6.10. The lowest BCUT2D eigenvalue weighted by Crippen LogP contribution is -2.37. The molecule has 0 aliphatic carbocycles. The van der Waals surface area contributed by atoms with E-state index in [1.807, 2.05) is 26.8 Å². The topological polar surface area (TPSA) is 81.5 Å². The molecule has 0 radical (unpaired) electrons. The van der Waals surface area contributed by atoms with Crippen LogP contribution in [-0.2, 0) is 9.67 Å². The number of benzene rings is 1. The summed E-state index contributed by atoms with van der Waals surface area (Å²) in [6.07, 6.45) is 0.185. The maximum Gasteiger partial charge on any atom is 0.329 e. The van der Waals surface area contributed by atoms with Crippen LogP contribution in [0.25, 0.3) is 0 Å². The number of hydrogen-bond donors (Lipinski definition) is 1. The second-order valence-electron chi connectivity index (χ2n) is 7.38. The van der Waals surface area contributed by atoms with Gasteiger partial charge in [-0.25, -0.2) is 4.79 Å². The van der Waals surface area contributed by atoms with Gasteiger partial charge in [0.1, 0.15) is 0 Å². The second-order valence-corrected chi connectivity index (χ2v) is 9.20. The van der Waals surface area contributed by atoms with Crippen LogP contribution < -0.4 is 9.47 Å². The zero-order valence-electron chi connectivity index (χ0n) is 16.6. The maximum absolute atomic E-state index is 12.1. The van der Waals surface area contributed by atoms with E-state index in [0.717, 1.165) is 0 Å². The fraction of sp³-hybridized carbons (Fsp3) is 0.450. The molecule has 0 spiro atoms. The Balaban J connectivity index is 2.40. The van der Waals surface area contributed by atoms with Crippen LogP contribution in [0.2, 0.25) is 0 Å². The van der Waals surface area contributed by atoms with Gasteiger partial charge in [-0.15, -0.1) is 11.6 Å². The van der Waals surface area contributed by atoms with Gasteiger partial charge in [0.25, 0.3) is 0 Å². The number of aliphatic carboxylic acids is 1. The summed E-state index contributed by atoms with van der Waals surface area (Å²) < 4.78 is 10.4. The van der Waals surface area contributed by atoms with Gasteiger partial charge in [0.05, 0.1) is 20.3 Å². The number of halogens is 1. The van der Waals surface area contributed by atoms with E-state index in [2.05, 4.69) is 9.97 Å². The van der Waals surface area contributed by atoms with E-state index in [1.165, 1.54) is 26.0 Å². The van der Waals surface area contributed by atoms with E-state index >= 15 is 0 Å². The summed E-state index contributed by atoms with van der Waals surface area (Å²) >= 11 is 8.04. The summed E-state index contributed by atoms with van der Waals surface area (Å²) in [5, 5.41) is 10.2. The van der Waals surface area contributed by atoms with Gasteiger partial charge in [0.2, 0.25) is 11.8 Å². The van der Waals surface area contributed by atoms with Crippen molar-refractivity contribution in [3.63, 3.8) is 0 Å². The van der Waals surface area contributed by atoms with Crippen molar-refractivity contribution < 1.29 is 19.4 Å². The van der Waals surface area contributed by atoms with E-state index in [1.54, 1.807) is 30.3 Å². The van der Waals surface area contributed by atoms with Crippen LogP contribution in [0.3, 0.4) is 0 Å². The fourth-order valence-electron chi connectivity index (χ4n) is 2.58. The highest BCUT2D eigenvalue weighted by atomic mass is 35.5. The van der Waals surface area contributed by atoms with Crippen LogP contribution in [-0.4, -0.2) is 40.5 Å². The Morgan fingerprint density at radius 1 is 1.14 bits per heavy atom. The maximum atomic E-state index is 12.1. The molecule has 6 nitrogen and oxygen atoms in total. The van der Waals surface area contributed by atoms with E-state index in [-0.39, 0.29) is 17.1 Å². The minimum Gasteiger partial charge on any atom is -0.481 e. The van der Waals surface area contributed by atoms with Crippen molar-refractivity contribution in [1.29, 1.82) is 0 Å². The average Bonchev–Trinajstić information content (AvgIpc) is 2.66. The van der Waals surface area contributed by atoms with Crippen molar-refractivity contribution >= 4 is 29.3 Å². The van der Waals surface area contributed by atoms with Crippen LogP contribution in [0.5, 0.6) is 11.8 Å². The van der Waals surface area contributed by atoms with Gasteiger partial charge in [-0.05, 0) is 17.4 Å². The predicted octanol–water partition coefficient (Wildman–Crippen LogP) is 4.61. The van der Waals surface area contributed by atoms with Gasteiger partial charge >= 0.3 is 5.97 Å². The third-order valence-corrected chi connectivity index (χ3v) is 6.41. The highest BCUT2D eigenvalue weighted by Crippen LogP contribution is 2.45. The number of nitrogens with zero attached hydrogens (tertiary/aromatic N) is 2. The smallest absolute Gasteiger partial charge is 0.329 e. The van der Waals surface area contributed by atoms with Gasteiger partial charge in [0.15, 0.2) is 10.0 Å². The van der Waals surface area contributed by atoms with E-state index in [9.17, 15) is 9.90 Å². The highest BCUT2D eigenvalue weighted by molar-refractivity contribution is 7.99. The molecule has 8 heteroatoms. The Morgan fingerprint density at radius 3 is 2.11 bits per heavy atom. The predicted molar refractivity (Wildman–Crippen MR) is 110 cm³/mol. The molecule has 28 heavy (non-hydrogen) atoms. The molecule has 1 aromatic carbocycles. The Hall–Kier alpha value is -1.99. The third-order valence-electron chi connectivity index (χ3n) is 4.33. The molecule has 0 saturated carbocycles. The molecular weight excluding hydrogens is 400 g/mol. The number of methoxy groups -OCH3 is 2. The number of aromatic nitrogens is 2. The molecule has 152 valence electrons. The number of rotatable bonds is 8. The van der Waals surface area contributed by atoms with Crippen LogP contribution in [0.15, 0.2) is 41.6 Å². The molecule has 1 heterocycles. The molecule has 2 atom stereocenters. The Kier molecular flexibility index (Phi) is 7.17. The van der Waals surface area contributed by atoms with Crippen LogP contribution in [0, 0.1) is 5.41 Å². The highest BCUT2D eigenvalue weighted by Gasteiger charge is 2.43. The van der Waals surface area contributed by atoms with Gasteiger partial charge in [-0.2, -0.15) is 9.97 Å². The molecule has 2 rings (SSSR count). The molecule has 0 saturated heterocycles. The van der Waals surface area contributed by atoms with Gasteiger partial charge in [-0.3, -0.25) is 0 Å². The zero-order valence-corrected chi connectivity index (χ0v) is 18.2. The monoisotopic (exact) mass is 424 g/mol. The average molecular weight is 425 g/mol. The first-order valence-electron chi connectivity index (χ1n) is 8.71. The lowest BCUT2D eigenvalue weighted by molar-refractivity contribution is -0.140. The number of carboxylic acids is 1. The summed E-state index contributed by atoms with van der Waals surface area (Å²) in [4.78, 5) is 19.3. The summed E-state index contributed by atoms with van der Waals surface area (Å²) in [5.41, 5.74) is 0.275. The Morgan fingerprint density at radius 2 is 1.68 bits per heavy atom. The molecule has 0 aliphatic rings. The molecule has 0 bridgehead atoms. The molecule has 2 aromatic rings. The van der Waals surface area contributed by atoms with Crippen molar-refractivity contribution in [3.05, 3.63) is 42.0 Å². The molecule has 0 amide bonds. The lowest BCUT2D eigenvalue weighted by Gasteiger charge is -2.35. The number of thioether (sulfide) groups is 1. The van der Waals surface area contributed by atoms with Crippen molar-refractivity contribution in [1.82, 2.24) is 9.97 Å². The molecule has 0 aliphatic heterocycles. The number of carbonyl (C=O) groups is 1. The van der Waals surface area contributed by atoms with Crippen molar-refractivity contribution in [3.8, 4) is 11.8 Å². The molecule has 1 N–H and O–H groups in total. The first-order chi connectivity index (χ1) is 13.1. The third kappa shape index (κ3) is 5.29. The zero-order chi connectivity index (χ0) is 20.9. The molecular formula is C20H25ClN2O4S. The van der Waals surface area contributed by atoms with Gasteiger partial charge in [0, 0.05) is 5.25 Å². The van der Waals surface area contributed by atoms with Crippen molar-refractivity contribution in [2.75, 3.05) is 14.2 Å². The molecule has 0 fully saturated rings. The minimum absolute atomic E-state index is 0.185. The normalized spacial score (nSPS) is 14.8. The first-order valence-corrected chi connectivity index (χ1v) is 9.97. The largest absolute Gasteiger partial charge is 0.481 e. The van der Waals surface area contributed by atoms with Gasteiger partial charge < -0.3 is 14.6 Å². The molecule has 2 unspecified atom stereocenters. The SMILES string of the molecule is COc1cc(OC)nc(SC(CC(Cl)(C(=O)O)c2ccccc2)C(C)(C)C)n1. The van der Waals surface area contributed by atoms with Crippen LogP contribution in [0.4, 0.5) is 0 Å². The number of alkyl halides is 1. The van der Waals surface area contributed by atoms with E-state index < -0.39 is 10.8 Å². The fourth-order valence-corrected chi connectivity index (χ4v) is 4.18. The Bertz CT molecular complexity index is 791. The minimum atomic E-state index is -1.56. The van der Waals surface area contributed by atoms with Gasteiger partial charge in [-0.1, -0.05) is 62.9 Å². The van der Waals surface area contributed by atoms with E-state index in [0.29, 0.717) is 22.5 Å². The van der Waals surface area contributed by atoms with Crippen molar-refractivity contribution in [2.24, 2.45) is 5.41 Å². The number of hydrogen-bond acceptors (Lipinski definition) is 6. The Labute approximate surface area is 174 Å². The van der Waals surface area contributed by atoms with E-state index in [4.69, 9.17) is 21.1 Å².